The SMILES string of the molecule is C1=CC2c3cccc(-c4cccc5ccccc45)c3N(c3ccccc3)C2C=C1. The van der Waals surface area contributed by atoms with E-state index in [1.807, 2.05) is 0 Å². The van der Waals surface area contributed by atoms with Gasteiger partial charge in [0.15, 0.2) is 0 Å². The molecule has 138 valence electrons. The van der Waals surface area contributed by atoms with E-state index in [2.05, 4.69) is 120 Å². The number of para-hydroxylation sites is 2. The van der Waals surface area contributed by atoms with Gasteiger partial charge in [-0.15, -0.1) is 0 Å². The molecule has 1 heterocycles. The van der Waals surface area contributed by atoms with Crippen molar-refractivity contribution in [2.45, 2.75) is 12.0 Å². The third-order valence-electron chi connectivity index (χ3n) is 6.19. The summed E-state index contributed by atoms with van der Waals surface area (Å²) < 4.78 is 0. The number of hydrogen-bond acceptors (Lipinski definition) is 1. The zero-order chi connectivity index (χ0) is 19.2. The summed E-state index contributed by atoms with van der Waals surface area (Å²) in [7, 11) is 0. The summed E-state index contributed by atoms with van der Waals surface area (Å²) in [4.78, 5) is 2.52. The van der Waals surface area contributed by atoms with Crippen molar-refractivity contribution in [2.75, 3.05) is 4.90 Å². The molecule has 4 aromatic rings. The van der Waals surface area contributed by atoms with Gasteiger partial charge in [-0.25, -0.2) is 0 Å². The molecule has 1 heteroatoms. The Morgan fingerprint density at radius 2 is 1.31 bits per heavy atom. The largest absolute Gasteiger partial charge is 0.333 e. The van der Waals surface area contributed by atoms with Crippen LogP contribution in [-0.4, -0.2) is 6.04 Å². The third kappa shape index (κ3) is 2.48. The predicted molar refractivity (Wildman–Crippen MR) is 123 cm³/mol. The van der Waals surface area contributed by atoms with Gasteiger partial charge in [0.1, 0.15) is 0 Å². The van der Waals surface area contributed by atoms with E-state index in [1.165, 1.54) is 38.8 Å². The van der Waals surface area contributed by atoms with Crippen LogP contribution in [0.3, 0.4) is 0 Å². The molecule has 0 spiro atoms. The average Bonchev–Trinajstić information content (AvgIpc) is 3.14. The minimum Gasteiger partial charge on any atom is -0.333 e. The molecule has 0 aromatic heterocycles. The van der Waals surface area contributed by atoms with Gasteiger partial charge in [0.2, 0.25) is 0 Å². The van der Waals surface area contributed by atoms with Crippen LogP contribution >= 0.6 is 0 Å². The summed E-state index contributed by atoms with van der Waals surface area (Å²) in [6.45, 7) is 0. The van der Waals surface area contributed by atoms with Crippen LogP contribution in [0.5, 0.6) is 0 Å². The van der Waals surface area contributed by atoms with E-state index in [9.17, 15) is 0 Å². The minimum absolute atomic E-state index is 0.313. The number of rotatable bonds is 2. The van der Waals surface area contributed by atoms with Gasteiger partial charge in [-0.3, -0.25) is 0 Å². The summed E-state index contributed by atoms with van der Waals surface area (Å²) in [5.41, 5.74) is 6.59. The van der Waals surface area contributed by atoms with Gasteiger partial charge in [-0.1, -0.05) is 103 Å². The van der Waals surface area contributed by atoms with Crippen molar-refractivity contribution >= 4 is 22.1 Å². The number of fused-ring (bicyclic) bond motifs is 4. The van der Waals surface area contributed by atoms with E-state index >= 15 is 0 Å². The van der Waals surface area contributed by atoms with Gasteiger partial charge >= 0.3 is 0 Å². The quantitative estimate of drug-likeness (QED) is 0.359. The van der Waals surface area contributed by atoms with Crippen molar-refractivity contribution in [1.82, 2.24) is 0 Å². The molecule has 1 nitrogen and oxygen atoms in total. The van der Waals surface area contributed by atoms with E-state index in [-0.39, 0.29) is 0 Å². The lowest BCUT2D eigenvalue weighted by atomic mass is 9.89. The minimum atomic E-state index is 0.313. The lowest BCUT2D eigenvalue weighted by molar-refractivity contribution is 0.745. The first-order chi connectivity index (χ1) is 14.4. The Kier molecular flexibility index (Phi) is 3.67. The first kappa shape index (κ1) is 16.4. The molecule has 0 amide bonds. The molecule has 0 N–H and O–H groups in total. The topological polar surface area (TPSA) is 3.24 Å². The zero-order valence-electron chi connectivity index (χ0n) is 16.1. The van der Waals surface area contributed by atoms with Gasteiger partial charge in [-0.05, 0) is 34.0 Å². The van der Waals surface area contributed by atoms with Crippen LogP contribution in [0.15, 0.2) is 115 Å². The first-order valence-electron chi connectivity index (χ1n) is 10.2. The molecule has 0 bridgehead atoms. The van der Waals surface area contributed by atoms with Crippen LogP contribution in [0.25, 0.3) is 21.9 Å². The number of anilines is 2. The molecular formula is C28H21N. The maximum absolute atomic E-state index is 2.52. The highest BCUT2D eigenvalue weighted by molar-refractivity contribution is 6.01. The molecule has 1 aliphatic carbocycles. The highest BCUT2D eigenvalue weighted by Crippen LogP contribution is 2.52. The zero-order valence-corrected chi connectivity index (χ0v) is 16.1. The summed E-state index contributed by atoms with van der Waals surface area (Å²) in [5, 5.41) is 2.58. The van der Waals surface area contributed by atoms with E-state index in [0.717, 1.165) is 0 Å². The lowest BCUT2D eigenvalue weighted by Crippen LogP contribution is -2.28. The highest BCUT2D eigenvalue weighted by atomic mass is 15.2. The number of allylic oxidation sites excluding steroid dienone is 2. The van der Waals surface area contributed by atoms with Crippen LogP contribution in [0.4, 0.5) is 11.4 Å². The van der Waals surface area contributed by atoms with Crippen molar-refractivity contribution in [3.63, 3.8) is 0 Å². The van der Waals surface area contributed by atoms with Gasteiger partial charge in [0.05, 0.1) is 11.7 Å². The summed E-state index contributed by atoms with van der Waals surface area (Å²) in [6.07, 6.45) is 9.05. The van der Waals surface area contributed by atoms with Crippen molar-refractivity contribution < 1.29 is 0 Å². The maximum atomic E-state index is 2.52. The lowest BCUT2D eigenvalue weighted by Gasteiger charge is -2.30. The number of benzene rings is 4. The molecule has 6 rings (SSSR count). The summed E-state index contributed by atoms with van der Waals surface area (Å²) in [6, 6.07) is 33.2. The Morgan fingerprint density at radius 3 is 2.24 bits per heavy atom. The Bertz CT molecular complexity index is 1260. The van der Waals surface area contributed by atoms with Gasteiger partial charge in [0, 0.05) is 17.2 Å². The molecule has 2 unspecified atom stereocenters. The van der Waals surface area contributed by atoms with Crippen molar-refractivity contribution in [3.05, 3.63) is 121 Å². The smallest absolute Gasteiger partial charge is 0.0629 e. The van der Waals surface area contributed by atoms with Crippen molar-refractivity contribution in [1.29, 1.82) is 0 Å². The normalized spacial score (nSPS) is 19.4. The Balaban J connectivity index is 1.66. The predicted octanol–water partition coefficient (Wildman–Crippen LogP) is 7.24. The van der Waals surface area contributed by atoms with Crippen molar-refractivity contribution in [3.8, 4) is 11.1 Å². The van der Waals surface area contributed by atoms with E-state index in [1.54, 1.807) is 0 Å². The Morgan fingerprint density at radius 1 is 0.586 bits per heavy atom. The molecular weight excluding hydrogens is 350 g/mol. The number of nitrogens with zero attached hydrogens (tertiary/aromatic N) is 1. The molecule has 0 saturated carbocycles. The van der Waals surface area contributed by atoms with Gasteiger partial charge < -0.3 is 4.90 Å². The summed E-state index contributed by atoms with van der Waals surface area (Å²) in [5.74, 6) is 0.380. The molecule has 0 radical (unpaired) electrons. The second-order valence-electron chi connectivity index (χ2n) is 7.76. The molecule has 2 aliphatic rings. The molecule has 2 atom stereocenters. The molecule has 0 fully saturated rings. The molecule has 29 heavy (non-hydrogen) atoms. The second kappa shape index (κ2) is 6.49. The fourth-order valence-corrected chi connectivity index (χ4v) is 4.95. The van der Waals surface area contributed by atoms with Crippen molar-refractivity contribution in [2.24, 2.45) is 0 Å². The average molecular weight is 371 g/mol. The van der Waals surface area contributed by atoms with Crippen LogP contribution in [0.2, 0.25) is 0 Å². The fourth-order valence-electron chi connectivity index (χ4n) is 4.95. The van der Waals surface area contributed by atoms with E-state index in [4.69, 9.17) is 0 Å². The number of hydrogen-bond donors (Lipinski definition) is 0. The van der Waals surface area contributed by atoms with Crippen LogP contribution < -0.4 is 4.90 Å². The van der Waals surface area contributed by atoms with Crippen LogP contribution in [-0.2, 0) is 0 Å². The second-order valence-corrected chi connectivity index (χ2v) is 7.76. The Hall–Kier alpha value is -3.58. The fraction of sp³-hybridized carbons (Fsp3) is 0.0714. The Labute approximate surface area is 171 Å². The van der Waals surface area contributed by atoms with Gasteiger partial charge in [0.25, 0.3) is 0 Å². The maximum Gasteiger partial charge on any atom is 0.0629 e. The molecule has 0 saturated heterocycles. The molecule has 1 aliphatic heterocycles. The van der Waals surface area contributed by atoms with E-state index < -0.39 is 0 Å². The highest BCUT2D eigenvalue weighted by Gasteiger charge is 2.38. The third-order valence-corrected chi connectivity index (χ3v) is 6.19. The van der Waals surface area contributed by atoms with Gasteiger partial charge in [-0.2, -0.15) is 0 Å². The van der Waals surface area contributed by atoms with Crippen LogP contribution in [0, 0.1) is 0 Å². The summed E-state index contributed by atoms with van der Waals surface area (Å²) >= 11 is 0. The van der Waals surface area contributed by atoms with Crippen LogP contribution in [0.1, 0.15) is 11.5 Å². The first-order valence-corrected chi connectivity index (χ1v) is 10.2. The monoisotopic (exact) mass is 371 g/mol. The molecule has 4 aromatic carbocycles. The standard InChI is InChI=1S/C28H21N/c1-2-12-21(13-3-1)29-27-19-7-6-15-24(27)26-18-9-17-25(28(26)29)23-16-8-11-20-10-4-5-14-22(20)23/h1-19,24,27H. The van der Waals surface area contributed by atoms with E-state index in [0.29, 0.717) is 12.0 Å².